The maximum Gasteiger partial charge on any atom is 0.269 e. The Labute approximate surface area is 183 Å². The van der Waals surface area contributed by atoms with Crippen LogP contribution in [0, 0.1) is 26.9 Å². The highest BCUT2D eigenvalue weighted by molar-refractivity contribution is 5.83. The molecule has 2 atom stereocenters. The summed E-state index contributed by atoms with van der Waals surface area (Å²) >= 11 is 0. The monoisotopic (exact) mass is 419 g/mol. The van der Waals surface area contributed by atoms with E-state index >= 15 is 0 Å². The standard InChI is InChI=1S/C25H29N3O3/c1-24(2)12-21(24)23(29)27-16-25(17-27)15-26(13-18-6-4-3-5-7-18)14-22(25)19-8-10-20(11-9-19)28(30)31/h3-11,21-22H,12-17H2,1-2H3. The van der Waals surface area contributed by atoms with Gasteiger partial charge in [-0.25, -0.2) is 0 Å². The van der Waals surface area contributed by atoms with E-state index in [0.717, 1.165) is 44.7 Å². The van der Waals surface area contributed by atoms with Crippen LogP contribution in [0.4, 0.5) is 5.69 Å². The van der Waals surface area contributed by atoms with Crippen LogP contribution in [0.2, 0.25) is 0 Å². The van der Waals surface area contributed by atoms with Gasteiger partial charge in [-0.05, 0) is 23.0 Å². The average Bonchev–Trinajstić information content (AvgIpc) is 3.20. The zero-order chi connectivity index (χ0) is 21.8. The van der Waals surface area contributed by atoms with Gasteiger partial charge < -0.3 is 4.90 Å². The molecule has 1 amide bonds. The summed E-state index contributed by atoms with van der Waals surface area (Å²) in [6.45, 7) is 8.64. The molecule has 1 spiro atoms. The topological polar surface area (TPSA) is 66.7 Å². The number of non-ortho nitro benzene ring substituents is 1. The molecular formula is C25H29N3O3. The van der Waals surface area contributed by atoms with Crippen LogP contribution in [0.5, 0.6) is 0 Å². The third-order valence-electron chi connectivity index (χ3n) is 7.61. The van der Waals surface area contributed by atoms with E-state index < -0.39 is 0 Å². The van der Waals surface area contributed by atoms with Crippen LogP contribution in [0.1, 0.15) is 37.3 Å². The van der Waals surface area contributed by atoms with Crippen molar-refractivity contribution in [2.45, 2.75) is 32.7 Å². The van der Waals surface area contributed by atoms with Crippen LogP contribution in [0.15, 0.2) is 54.6 Å². The Bertz CT molecular complexity index is 996. The largest absolute Gasteiger partial charge is 0.341 e. The van der Waals surface area contributed by atoms with Gasteiger partial charge in [0, 0.05) is 62.1 Å². The highest BCUT2D eigenvalue weighted by atomic mass is 16.6. The average molecular weight is 420 g/mol. The molecule has 6 nitrogen and oxygen atoms in total. The highest BCUT2D eigenvalue weighted by Gasteiger charge is 2.59. The number of nitro benzene ring substituents is 1. The number of carbonyl (C=O) groups excluding carboxylic acids is 1. The fourth-order valence-corrected chi connectivity index (χ4v) is 5.62. The molecule has 0 N–H and O–H groups in total. The Morgan fingerprint density at radius 3 is 2.29 bits per heavy atom. The Hall–Kier alpha value is -2.73. The predicted molar refractivity (Wildman–Crippen MR) is 118 cm³/mol. The molecule has 2 saturated heterocycles. The lowest BCUT2D eigenvalue weighted by atomic mass is 9.68. The van der Waals surface area contributed by atoms with Crippen molar-refractivity contribution >= 4 is 11.6 Å². The minimum absolute atomic E-state index is 0.0274. The smallest absolute Gasteiger partial charge is 0.269 e. The molecule has 1 aliphatic carbocycles. The fraction of sp³-hybridized carbons (Fsp3) is 0.480. The summed E-state index contributed by atoms with van der Waals surface area (Å²) < 4.78 is 0. The SMILES string of the molecule is CC1(C)CC1C(=O)N1CC2(CN(Cc3ccccc3)CC2c2ccc([N+](=O)[O-])cc2)C1. The number of hydrogen-bond acceptors (Lipinski definition) is 4. The van der Waals surface area contributed by atoms with Gasteiger partial charge in [0.15, 0.2) is 0 Å². The number of hydrogen-bond donors (Lipinski definition) is 0. The van der Waals surface area contributed by atoms with Gasteiger partial charge in [0.1, 0.15) is 0 Å². The first-order chi connectivity index (χ1) is 14.8. The maximum atomic E-state index is 12.9. The lowest BCUT2D eigenvalue weighted by Gasteiger charge is -2.51. The van der Waals surface area contributed by atoms with E-state index in [9.17, 15) is 14.9 Å². The molecule has 0 radical (unpaired) electrons. The summed E-state index contributed by atoms with van der Waals surface area (Å²) in [5, 5.41) is 11.1. The van der Waals surface area contributed by atoms with Crippen molar-refractivity contribution in [2.75, 3.05) is 26.2 Å². The predicted octanol–water partition coefficient (Wildman–Crippen LogP) is 4.07. The zero-order valence-corrected chi connectivity index (χ0v) is 18.2. The number of amides is 1. The van der Waals surface area contributed by atoms with Crippen molar-refractivity contribution in [2.24, 2.45) is 16.7 Å². The second kappa shape index (κ2) is 7.16. The number of rotatable bonds is 5. The first-order valence-electron chi connectivity index (χ1n) is 11.1. The molecule has 2 heterocycles. The van der Waals surface area contributed by atoms with Crippen molar-refractivity contribution in [3.05, 3.63) is 75.8 Å². The van der Waals surface area contributed by atoms with Crippen LogP contribution in [-0.2, 0) is 11.3 Å². The van der Waals surface area contributed by atoms with Gasteiger partial charge in [-0.3, -0.25) is 19.8 Å². The number of likely N-dealkylation sites (tertiary alicyclic amines) is 2. The third-order valence-corrected chi connectivity index (χ3v) is 7.61. The molecule has 2 unspecified atom stereocenters. The maximum absolute atomic E-state index is 12.9. The van der Waals surface area contributed by atoms with Gasteiger partial charge in [-0.1, -0.05) is 56.3 Å². The summed E-state index contributed by atoms with van der Waals surface area (Å²) in [7, 11) is 0. The van der Waals surface area contributed by atoms with Crippen molar-refractivity contribution in [3.8, 4) is 0 Å². The first-order valence-corrected chi connectivity index (χ1v) is 11.1. The molecule has 2 aliphatic heterocycles. The molecule has 2 aromatic carbocycles. The fourth-order valence-electron chi connectivity index (χ4n) is 5.62. The molecular weight excluding hydrogens is 390 g/mol. The molecule has 2 aromatic rings. The lowest BCUT2D eigenvalue weighted by molar-refractivity contribution is -0.384. The van der Waals surface area contributed by atoms with Gasteiger partial charge in [-0.15, -0.1) is 0 Å². The van der Waals surface area contributed by atoms with Crippen molar-refractivity contribution < 1.29 is 9.72 Å². The van der Waals surface area contributed by atoms with E-state index in [1.807, 2.05) is 23.1 Å². The number of nitro groups is 1. The Morgan fingerprint density at radius 2 is 1.71 bits per heavy atom. The van der Waals surface area contributed by atoms with Gasteiger partial charge in [0.2, 0.25) is 5.91 Å². The Balaban J connectivity index is 1.36. The second-order valence-corrected chi connectivity index (χ2v) is 10.4. The second-order valence-electron chi connectivity index (χ2n) is 10.4. The van der Waals surface area contributed by atoms with Crippen LogP contribution in [0.3, 0.4) is 0 Å². The number of benzene rings is 2. The van der Waals surface area contributed by atoms with Gasteiger partial charge >= 0.3 is 0 Å². The summed E-state index contributed by atoms with van der Waals surface area (Å²) in [5.41, 5.74) is 2.72. The molecule has 3 fully saturated rings. The van der Waals surface area contributed by atoms with Gasteiger partial charge in [0.05, 0.1) is 4.92 Å². The van der Waals surface area contributed by atoms with Crippen LogP contribution < -0.4 is 0 Å². The number of carbonyl (C=O) groups is 1. The summed E-state index contributed by atoms with van der Waals surface area (Å²) in [6.07, 6.45) is 0.987. The van der Waals surface area contributed by atoms with E-state index in [1.165, 1.54) is 5.56 Å². The summed E-state index contributed by atoms with van der Waals surface area (Å²) in [6, 6.07) is 17.5. The van der Waals surface area contributed by atoms with Crippen LogP contribution in [-0.4, -0.2) is 46.8 Å². The molecule has 0 bridgehead atoms. The minimum atomic E-state index is -0.350. The van der Waals surface area contributed by atoms with E-state index in [4.69, 9.17) is 0 Å². The molecule has 5 rings (SSSR count). The molecule has 31 heavy (non-hydrogen) atoms. The van der Waals surface area contributed by atoms with E-state index in [2.05, 4.69) is 43.0 Å². The van der Waals surface area contributed by atoms with Crippen LogP contribution >= 0.6 is 0 Å². The van der Waals surface area contributed by atoms with Gasteiger partial charge in [-0.2, -0.15) is 0 Å². The van der Waals surface area contributed by atoms with E-state index in [-0.39, 0.29) is 33.3 Å². The summed E-state index contributed by atoms with van der Waals surface area (Å²) in [5.74, 6) is 0.748. The lowest BCUT2D eigenvalue weighted by Crippen LogP contribution is -2.62. The molecule has 0 aromatic heterocycles. The van der Waals surface area contributed by atoms with Crippen molar-refractivity contribution in [1.82, 2.24) is 9.80 Å². The third kappa shape index (κ3) is 3.63. The highest BCUT2D eigenvalue weighted by Crippen LogP contribution is 2.55. The van der Waals surface area contributed by atoms with Crippen molar-refractivity contribution in [1.29, 1.82) is 0 Å². The van der Waals surface area contributed by atoms with E-state index in [0.29, 0.717) is 5.91 Å². The zero-order valence-electron chi connectivity index (χ0n) is 18.2. The molecule has 162 valence electrons. The van der Waals surface area contributed by atoms with Crippen molar-refractivity contribution in [3.63, 3.8) is 0 Å². The quantitative estimate of drug-likeness (QED) is 0.541. The normalized spacial score (nSPS) is 25.9. The Morgan fingerprint density at radius 1 is 1.06 bits per heavy atom. The first kappa shape index (κ1) is 20.2. The summed E-state index contributed by atoms with van der Waals surface area (Å²) in [4.78, 5) is 28.2. The molecule has 6 heteroatoms. The molecule has 3 aliphatic rings. The number of nitrogens with zero attached hydrogens (tertiary/aromatic N) is 3. The van der Waals surface area contributed by atoms with E-state index in [1.54, 1.807) is 12.1 Å². The van der Waals surface area contributed by atoms with Crippen LogP contribution in [0.25, 0.3) is 0 Å². The minimum Gasteiger partial charge on any atom is -0.341 e. The molecule has 1 saturated carbocycles. The van der Waals surface area contributed by atoms with Gasteiger partial charge in [0.25, 0.3) is 5.69 Å². The Kier molecular flexibility index (Phi) is 4.66.